The van der Waals surface area contributed by atoms with Crippen molar-refractivity contribution in [2.45, 2.75) is 37.9 Å². The van der Waals surface area contributed by atoms with Gasteiger partial charge in [0.25, 0.3) is 0 Å². The molecule has 2 rings (SSSR count). The number of hydrogen-bond donors (Lipinski definition) is 1. The molecule has 1 aliphatic rings. The van der Waals surface area contributed by atoms with Gasteiger partial charge in [0.15, 0.2) is 0 Å². The molecule has 1 saturated carbocycles. The molecule has 1 fully saturated rings. The van der Waals surface area contributed by atoms with Crippen molar-refractivity contribution in [3.05, 3.63) is 48.6 Å². The van der Waals surface area contributed by atoms with Crippen LogP contribution in [0.3, 0.4) is 0 Å². The molecule has 102 valence electrons. The Morgan fingerprint density at radius 2 is 2.21 bits per heavy atom. The fourth-order valence-corrected chi connectivity index (χ4v) is 2.61. The van der Waals surface area contributed by atoms with Crippen LogP contribution in [0.25, 0.3) is 0 Å². The van der Waals surface area contributed by atoms with E-state index in [2.05, 4.69) is 6.58 Å². The Kier molecular flexibility index (Phi) is 4.38. The molecular weight excluding hydrogens is 240 g/mol. The molecular formula is C16H20O3. The van der Waals surface area contributed by atoms with E-state index in [0.717, 1.165) is 5.56 Å². The molecule has 0 heterocycles. The SMILES string of the molecule is C=CCC1(O)CC[C@@H](C(=O)OCc2ccccc2)C1. The van der Waals surface area contributed by atoms with E-state index in [1.807, 2.05) is 30.3 Å². The van der Waals surface area contributed by atoms with Gasteiger partial charge in [-0.05, 0) is 31.2 Å². The summed E-state index contributed by atoms with van der Waals surface area (Å²) < 4.78 is 5.31. The maximum absolute atomic E-state index is 12.0. The summed E-state index contributed by atoms with van der Waals surface area (Å²) in [5.74, 6) is -0.391. The first-order chi connectivity index (χ1) is 9.13. The first-order valence-corrected chi connectivity index (χ1v) is 6.67. The van der Waals surface area contributed by atoms with Crippen molar-refractivity contribution in [1.29, 1.82) is 0 Å². The average molecular weight is 260 g/mol. The van der Waals surface area contributed by atoms with E-state index in [1.54, 1.807) is 6.08 Å². The zero-order chi connectivity index (χ0) is 13.7. The molecule has 0 spiro atoms. The van der Waals surface area contributed by atoms with Gasteiger partial charge < -0.3 is 9.84 Å². The number of esters is 1. The van der Waals surface area contributed by atoms with E-state index in [0.29, 0.717) is 32.3 Å². The Labute approximate surface area is 113 Å². The van der Waals surface area contributed by atoms with E-state index < -0.39 is 5.60 Å². The Bertz CT molecular complexity index is 441. The van der Waals surface area contributed by atoms with Crippen LogP contribution >= 0.6 is 0 Å². The van der Waals surface area contributed by atoms with Crippen LogP contribution < -0.4 is 0 Å². The standard InChI is InChI=1S/C16H20O3/c1-2-9-16(18)10-8-14(11-16)15(17)19-12-13-6-4-3-5-7-13/h2-7,14,18H,1,8-12H2/t14-,16?/m1/s1. The van der Waals surface area contributed by atoms with Gasteiger partial charge in [0.2, 0.25) is 0 Å². The first-order valence-electron chi connectivity index (χ1n) is 6.67. The second-order valence-electron chi connectivity index (χ2n) is 5.25. The van der Waals surface area contributed by atoms with E-state index in [-0.39, 0.29) is 11.9 Å². The lowest BCUT2D eigenvalue weighted by atomic mass is 9.96. The van der Waals surface area contributed by atoms with Crippen LogP contribution in [-0.2, 0) is 16.1 Å². The number of ether oxygens (including phenoxy) is 1. The van der Waals surface area contributed by atoms with Gasteiger partial charge in [0.1, 0.15) is 6.61 Å². The Hall–Kier alpha value is -1.61. The molecule has 19 heavy (non-hydrogen) atoms. The van der Waals surface area contributed by atoms with Gasteiger partial charge in [-0.2, -0.15) is 0 Å². The average Bonchev–Trinajstić information content (AvgIpc) is 2.80. The maximum atomic E-state index is 12.0. The zero-order valence-corrected chi connectivity index (χ0v) is 11.0. The fourth-order valence-electron chi connectivity index (χ4n) is 2.61. The summed E-state index contributed by atoms with van der Waals surface area (Å²) in [5.41, 5.74) is 0.216. The molecule has 2 atom stereocenters. The summed E-state index contributed by atoms with van der Waals surface area (Å²) in [5, 5.41) is 10.2. The highest BCUT2D eigenvalue weighted by Gasteiger charge is 2.40. The number of hydrogen-bond acceptors (Lipinski definition) is 3. The van der Waals surface area contributed by atoms with Crippen LogP contribution in [0.5, 0.6) is 0 Å². The largest absolute Gasteiger partial charge is 0.461 e. The van der Waals surface area contributed by atoms with Gasteiger partial charge in [-0.15, -0.1) is 6.58 Å². The van der Waals surface area contributed by atoms with Crippen molar-refractivity contribution in [2.75, 3.05) is 0 Å². The molecule has 1 aromatic carbocycles. The number of carbonyl (C=O) groups is 1. The van der Waals surface area contributed by atoms with E-state index in [1.165, 1.54) is 0 Å². The summed E-state index contributed by atoms with van der Waals surface area (Å²) >= 11 is 0. The molecule has 0 radical (unpaired) electrons. The van der Waals surface area contributed by atoms with Crippen LogP contribution in [0, 0.1) is 5.92 Å². The molecule has 0 saturated heterocycles. The number of carbonyl (C=O) groups excluding carboxylic acids is 1. The van der Waals surface area contributed by atoms with Crippen LogP contribution in [0.15, 0.2) is 43.0 Å². The number of rotatable bonds is 5. The minimum Gasteiger partial charge on any atom is -0.461 e. The van der Waals surface area contributed by atoms with Gasteiger partial charge in [-0.1, -0.05) is 36.4 Å². The van der Waals surface area contributed by atoms with Crippen molar-refractivity contribution in [3.8, 4) is 0 Å². The number of aliphatic hydroxyl groups is 1. The van der Waals surface area contributed by atoms with Crippen LogP contribution in [-0.4, -0.2) is 16.7 Å². The summed E-state index contributed by atoms with van der Waals surface area (Å²) in [6.45, 7) is 3.94. The third-order valence-corrected chi connectivity index (χ3v) is 3.67. The van der Waals surface area contributed by atoms with Gasteiger partial charge in [0.05, 0.1) is 11.5 Å². The molecule has 1 aromatic rings. The zero-order valence-electron chi connectivity index (χ0n) is 11.0. The molecule has 0 aliphatic heterocycles. The smallest absolute Gasteiger partial charge is 0.309 e. The van der Waals surface area contributed by atoms with Crippen molar-refractivity contribution in [3.63, 3.8) is 0 Å². The summed E-state index contributed by atoms with van der Waals surface area (Å²) in [6.07, 6.45) is 4.06. The van der Waals surface area contributed by atoms with Crippen molar-refractivity contribution in [1.82, 2.24) is 0 Å². The fraction of sp³-hybridized carbons (Fsp3) is 0.438. The summed E-state index contributed by atoms with van der Waals surface area (Å²) in [7, 11) is 0. The molecule has 0 bridgehead atoms. The molecule has 0 aromatic heterocycles. The van der Waals surface area contributed by atoms with Crippen molar-refractivity contribution >= 4 is 5.97 Å². The highest BCUT2D eigenvalue weighted by Crippen LogP contribution is 2.37. The second kappa shape index (κ2) is 6.02. The van der Waals surface area contributed by atoms with Crippen LogP contribution in [0.1, 0.15) is 31.2 Å². The number of benzene rings is 1. The topological polar surface area (TPSA) is 46.5 Å². The van der Waals surface area contributed by atoms with Crippen molar-refractivity contribution in [2.24, 2.45) is 5.92 Å². The van der Waals surface area contributed by atoms with Gasteiger partial charge >= 0.3 is 5.97 Å². The highest BCUT2D eigenvalue weighted by molar-refractivity contribution is 5.73. The Morgan fingerprint density at radius 1 is 1.47 bits per heavy atom. The lowest BCUT2D eigenvalue weighted by Gasteiger charge is -2.20. The monoisotopic (exact) mass is 260 g/mol. The van der Waals surface area contributed by atoms with Gasteiger partial charge in [-0.3, -0.25) is 4.79 Å². The highest BCUT2D eigenvalue weighted by atomic mass is 16.5. The van der Waals surface area contributed by atoms with Gasteiger partial charge in [-0.25, -0.2) is 0 Å². The van der Waals surface area contributed by atoms with Crippen LogP contribution in [0.4, 0.5) is 0 Å². The maximum Gasteiger partial charge on any atom is 0.309 e. The molecule has 1 unspecified atom stereocenters. The lowest BCUT2D eigenvalue weighted by molar-refractivity contribution is -0.150. The predicted octanol–water partition coefficient (Wildman–Crippen LogP) is 2.84. The third kappa shape index (κ3) is 3.67. The Morgan fingerprint density at radius 3 is 2.89 bits per heavy atom. The normalized spacial score (nSPS) is 26.1. The minimum absolute atomic E-state index is 0.186. The van der Waals surface area contributed by atoms with E-state index in [9.17, 15) is 9.90 Å². The molecule has 1 N–H and O–H groups in total. The minimum atomic E-state index is -0.766. The third-order valence-electron chi connectivity index (χ3n) is 3.67. The van der Waals surface area contributed by atoms with Crippen molar-refractivity contribution < 1.29 is 14.6 Å². The summed E-state index contributed by atoms with van der Waals surface area (Å²) in [6, 6.07) is 9.62. The molecule has 3 nitrogen and oxygen atoms in total. The molecule has 0 amide bonds. The second-order valence-corrected chi connectivity index (χ2v) is 5.25. The van der Waals surface area contributed by atoms with E-state index in [4.69, 9.17) is 4.74 Å². The molecule has 1 aliphatic carbocycles. The quantitative estimate of drug-likeness (QED) is 0.654. The Balaban J connectivity index is 1.83. The lowest BCUT2D eigenvalue weighted by Crippen LogP contribution is -2.25. The first kappa shape index (κ1) is 13.8. The van der Waals surface area contributed by atoms with Crippen LogP contribution in [0.2, 0.25) is 0 Å². The molecule has 3 heteroatoms. The predicted molar refractivity (Wildman–Crippen MR) is 73.3 cm³/mol. The summed E-state index contributed by atoms with van der Waals surface area (Å²) in [4.78, 5) is 12.0. The van der Waals surface area contributed by atoms with E-state index >= 15 is 0 Å². The van der Waals surface area contributed by atoms with Gasteiger partial charge in [0, 0.05) is 0 Å².